The van der Waals surface area contributed by atoms with E-state index < -0.39 is 0 Å². The molecular formula is C16H18BrNOS2. The minimum Gasteiger partial charge on any atom is -0.355 e. The number of halogens is 1. The van der Waals surface area contributed by atoms with Crippen molar-refractivity contribution in [3.8, 4) is 0 Å². The van der Waals surface area contributed by atoms with Crippen LogP contribution in [0.25, 0.3) is 0 Å². The van der Waals surface area contributed by atoms with Gasteiger partial charge in [-0.15, -0.1) is 23.1 Å². The van der Waals surface area contributed by atoms with Crippen LogP contribution in [0.15, 0.2) is 39.0 Å². The Morgan fingerprint density at radius 3 is 2.86 bits per heavy atom. The lowest BCUT2D eigenvalue weighted by atomic mass is 10.2. The summed E-state index contributed by atoms with van der Waals surface area (Å²) >= 11 is 6.85. The zero-order valence-corrected chi connectivity index (χ0v) is 15.3. The largest absolute Gasteiger partial charge is 0.355 e. The van der Waals surface area contributed by atoms with Crippen molar-refractivity contribution in [1.82, 2.24) is 5.32 Å². The number of hydrogen-bond donors (Lipinski definition) is 1. The maximum absolute atomic E-state index is 11.9. The SMILES string of the molecule is Cc1cc(SCC(=O)NCCc2cccs2)c(C)cc1Br. The molecule has 0 aliphatic heterocycles. The zero-order valence-electron chi connectivity index (χ0n) is 12.1. The third kappa shape index (κ3) is 5.16. The molecule has 1 N–H and O–H groups in total. The van der Waals surface area contributed by atoms with Crippen LogP contribution in [0.5, 0.6) is 0 Å². The molecule has 0 unspecified atom stereocenters. The number of carbonyl (C=O) groups excluding carboxylic acids is 1. The van der Waals surface area contributed by atoms with Gasteiger partial charge in [0.2, 0.25) is 5.91 Å². The monoisotopic (exact) mass is 383 g/mol. The summed E-state index contributed by atoms with van der Waals surface area (Å²) in [5.74, 6) is 0.559. The molecule has 2 rings (SSSR count). The number of carbonyl (C=O) groups is 1. The maximum Gasteiger partial charge on any atom is 0.230 e. The van der Waals surface area contributed by atoms with Crippen LogP contribution in [0.2, 0.25) is 0 Å². The first-order valence-corrected chi connectivity index (χ1v) is 9.40. The molecule has 2 nitrogen and oxygen atoms in total. The number of aryl methyl sites for hydroxylation is 2. The minimum atomic E-state index is 0.0940. The highest BCUT2D eigenvalue weighted by Gasteiger charge is 2.07. The molecule has 112 valence electrons. The Labute approximate surface area is 142 Å². The van der Waals surface area contributed by atoms with Crippen LogP contribution in [0.4, 0.5) is 0 Å². The Morgan fingerprint density at radius 2 is 2.14 bits per heavy atom. The van der Waals surface area contributed by atoms with Gasteiger partial charge in [-0.1, -0.05) is 22.0 Å². The van der Waals surface area contributed by atoms with Crippen LogP contribution in [0, 0.1) is 13.8 Å². The molecule has 1 aromatic heterocycles. The molecule has 1 amide bonds. The molecule has 0 saturated heterocycles. The van der Waals surface area contributed by atoms with Crippen molar-refractivity contribution >= 4 is 44.9 Å². The van der Waals surface area contributed by atoms with Crippen molar-refractivity contribution in [2.75, 3.05) is 12.3 Å². The van der Waals surface area contributed by atoms with Crippen LogP contribution >= 0.6 is 39.0 Å². The highest BCUT2D eigenvalue weighted by Crippen LogP contribution is 2.28. The fraction of sp³-hybridized carbons (Fsp3) is 0.312. The number of benzene rings is 1. The average Bonchev–Trinajstić information content (AvgIpc) is 2.94. The molecular weight excluding hydrogens is 366 g/mol. The lowest BCUT2D eigenvalue weighted by Crippen LogP contribution is -2.27. The average molecular weight is 384 g/mol. The first kappa shape index (κ1) is 16.6. The van der Waals surface area contributed by atoms with Crippen LogP contribution in [-0.4, -0.2) is 18.2 Å². The molecule has 21 heavy (non-hydrogen) atoms. The molecule has 0 aliphatic rings. The van der Waals surface area contributed by atoms with E-state index in [1.54, 1.807) is 23.1 Å². The molecule has 5 heteroatoms. The molecule has 0 bridgehead atoms. The fourth-order valence-electron chi connectivity index (χ4n) is 1.88. The molecule has 2 aromatic rings. The molecule has 0 radical (unpaired) electrons. The summed E-state index contributed by atoms with van der Waals surface area (Å²) in [6, 6.07) is 8.37. The van der Waals surface area contributed by atoms with Gasteiger partial charge in [-0.3, -0.25) is 4.79 Å². The van der Waals surface area contributed by atoms with Crippen molar-refractivity contribution < 1.29 is 4.79 Å². The quantitative estimate of drug-likeness (QED) is 0.739. The van der Waals surface area contributed by atoms with E-state index in [2.05, 4.69) is 58.7 Å². The molecule has 0 saturated carbocycles. The van der Waals surface area contributed by atoms with Gasteiger partial charge in [-0.25, -0.2) is 0 Å². The van der Waals surface area contributed by atoms with E-state index in [0.717, 1.165) is 10.9 Å². The summed E-state index contributed by atoms with van der Waals surface area (Å²) in [4.78, 5) is 14.3. The fourth-order valence-corrected chi connectivity index (χ4v) is 3.99. The molecule has 0 spiro atoms. The summed E-state index contributed by atoms with van der Waals surface area (Å²) in [5.41, 5.74) is 2.39. The van der Waals surface area contributed by atoms with E-state index in [-0.39, 0.29) is 5.91 Å². The summed E-state index contributed by atoms with van der Waals surface area (Å²) in [5, 5.41) is 5.04. The molecule has 1 heterocycles. The van der Waals surface area contributed by atoms with Gasteiger partial charge >= 0.3 is 0 Å². The van der Waals surface area contributed by atoms with Gasteiger partial charge in [0, 0.05) is 20.8 Å². The first-order chi connectivity index (χ1) is 10.1. The van der Waals surface area contributed by atoms with E-state index in [0.29, 0.717) is 12.3 Å². The number of thioether (sulfide) groups is 1. The normalized spacial score (nSPS) is 10.6. The zero-order chi connectivity index (χ0) is 15.2. The van der Waals surface area contributed by atoms with Gasteiger partial charge in [0.05, 0.1) is 5.75 Å². The second-order valence-corrected chi connectivity index (χ2v) is 7.74. The maximum atomic E-state index is 11.9. The van der Waals surface area contributed by atoms with Crippen molar-refractivity contribution in [2.24, 2.45) is 0 Å². The van der Waals surface area contributed by atoms with Crippen molar-refractivity contribution in [3.63, 3.8) is 0 Å². The minimum absolute atomic E-state index is 0.0940. The van der Waals surface area contributed by atoms with Gasteiger partial charge in [0.15, 0.2) is 0 Å². The number of rotatable bonds is 6. The Balaban J connectivity index is 1.77. The van der Waals surface area contributed by atoms with Gasteiger partial charge in [0.1, 0.15) is 0 Å². The Hall–Kier alpha value is -0.780. The van der Waals surface area contributed by atoms with Crippen LogP contribution in [-0.2, 0) is 11.2 Å². The van der Waals surface area contributed by atoms with Gasteiger partial charge in [0.25, 0.3) is 0 Å². The summed E-state index contributed by atoms with van der Waals surface area (Å²) in [6.07, 6.45) is 0.907. The summed E-state index contributed by atoms with van der Waals surface area (Å²) in [7, 11) is 0. The van der Waals surface area contributed by atoms with E-state index in [1.165, 1.54) is 20.9 Å². The number of nitrogens with one attached hydrogen (secondary N) is 1. The highest BCUT2D eigenvalue weighted by atomic mass is 79.9. The Morgan fingerprint density at radius 1 is 1.33 bits per heavy atom. The van der Waals surface area contributed by atoms with Crippen LogP contribution in [0.1, 0.15) is 16.0 Å². The van der Waals surface area contributed by atoms with Crippen molar-refractivity contribution in [2.45, 2.75) is 25.2 Å². The van der Waals surface area contributed by atoms with Crippen LogP contribution in [0.3, 0.4) is 0 Å². The number of thiophene rings is 1. The summed E-state index contributed by atoms with van der Waals surface area (Å²) < 4.78 is 1.12. The van der Waals surface area contributed by atoms with E-state index >= 15 is 0 Å². The predicted octanol–water partition coefficient (Wildman–Crippen LogP) is 4.58. The molecule has 1 aromatic carbocycles. The summed E-state index contributed by atoms with van der Waals surface area (Å²) in [6.45, 7) is 4.84. The van der Waals surface area contributed by atoms with Crippen molar-refractivity contribution in [1.29, 1.82) is 0 Å². The van der Waals surface area contributed by atoms with Crippen molar-refractivity contribution in [3.05, 3.63) is 50.1 Å². The highest BCUT2D eigenvalue weighted by molar-refractivity contribution is 9.10. The Kier molecular flexibility index (Phi) is 6.33. The third-order valence-corrected chi connectivity index (χ3v) is 6.04. The second kappa shape index (κ2) is 8.01. The van der Waals surface area contributed by atoms with Gasteiger partial charge in [-0.2, -0.15) is 0 Å². The standard InChI is InChI=1S/C16H18BrNOS2/c1-11-9-15(12(2)8-14(11)17)21-10-16(19)18-6-5-13-4-3-7-20-13/h3-4,7-9H,5-6,10H2,1-2H3,(H,18,19). The Bertz CT molecular complexity index is 611. The van der Waals surface area contributed by atoms with Crippen LogP contribution < -0.4 is 5.32 Å². The predicted molar refractivity (Wildman–Crippen MR) is 95.4 cm³/mol. The lowest BCUT2D eigenvalue weighted by Gasteiger charge is -2.09. The van der Waals surface area contributed by atoms with Gasteiger partial charge in [-0.05, 0) is 55.0 Å². The lowest BCUT2D eigenvalue weighted by molar-refractivity contribution is -0.118. The second-order valence-electron chi connectivity index (χ2n) is 4.83. The van der Waals surface area contributed by atoms with Gasteiger partial charge < -0.3 is 5.32 Å². The third-order valence-electron chi connectivity index (χ3n) is 3.09. The van der Waals surface area contributed by atoms with E-state index in [4.69, 9.17) is 0 Å². The molecule has 0 fully saturated rings. The smallest absolute Gasteiger partial charge is 0.230 e. The van der Waals surface area contributed by atoms with E-state index in [9.17, 15) is 4.79 Å². The molecule has 0 aliphatic carbocycles. The van der Waals surface area contributed by atoms with E-state index in [1.807, 2.05) is 6.07 Å². The first-order valence-electron chi connectivity index (χ1n) is 6.75. The number of amides is 1. The number of hydrogen-bond acceptors (Lipinski definition) is 3. The topological polar surface area (TPSA) is 29.1 Å². The molecule has 0 atom stereocenters.